The van der Waals surface area contributed by atoms with Gasteiger partial charge in [-0.05, 0) is 69.3 Å². The van der Waals surface area contributed by atoms with Crippen molar-refractivity contribution in [2.24, 2.45) is 0 Å². The second kappa shape index (κ2) is 16.6. The molecule has 15 heteroatoms. The number of rotatable bonds is 14. The molecule has 0 radical (unpaired) electrons. The zero-order chi connectivity index (χ0) is 35.8. The third-order valence-corrected chi connectivity index (χ3v) is 10.2. The van der Waals surface area contributed by atoms with Crippen molar-refractivity contribution < 1.29 is 33.5 Å². The van der Waals surface area contributed by atoms with Crippen molar-refractivity contribution in [3.05, 3.63) is 89.5 Å². The summed E-state index contributed by atoms with van der Waals surface area (Å²) in [5.74, 6) is -1.41. The summed E-state index contributed by atoms with van der Waals surface area (Å²) >= 11 is 0. The first-order chi connectivity index (χ1) is 23.9. The highest BCUT2D eigenvalue weighted by Gasteiger charge is 2.45. The fourth-order valence-corrected chi connectivity index (χ4v) is 7.46. The molecule has 1 unspecified atom stereocenters. The Bertz CT molecular complexity index is 1660. The van der Waals surface area contributed by atoms with Crippen molar-refractivity contribution in [3.8, 4) is 0 Å². The molecule has 5 rings (SSSR count). The van der Waals surface area contributed by atoms with Gasteiger partial charge in [0.25, 0.3) is 0 Å². The molecule has 2 aliphatic heterocycles. The minimum absolute atomic E-state index is 0.144. The summed E-state index contributed by atoms with van der Waals surface area (Å²) in [6.45, 7) is 0.294. The number of carbonyl (C=O) groups is 4. The van der Waals surface area contributed by atoms with E-state index in [0.29, 0.717) is 56.3 Å². The molecule has 50 heavy (non-hydrogen) atoms. The van der Waals surface area contributed by atoms with Gasteiger partial charge in [0, 0.05) is 30.9 Å². The van der Waals surface area contributed by atoms with Crippen LogP contribution in [0.15, 0.2) is 67.1 Å². The second-order valence-corrected chi connectivity index (χ2v) is 15.0. The smallest absolute Gasteiger partial charge is 0.329 e. The van der Waals surface area contributed by atoms with E-state index in [1.807, 2.05) is 30.3 Å². The number of nitrogens with zero attached hydrogens (tertiary/aromatic N) is 3. The van der Waals surface area contributed by atoms with Gasteiger partial charge >= 0.3 is 7.60 Å². The molecular formula is C35H46N7O7P. The summed E-state index contributed by atoms with van der Waals surface area (Å²) in [5.41, 5.74) is 2.89. The van der Waals surface area contributed by atoms with Gasteiger partial charge in [-0.2, -0.15) is 0 Å². The van der Waals surface area contributed by atoms with E-state index in [9.17, 15) is 33.5 Å². The van der Waals surface area contributed by atoms with E-state index in [4.69, 9.17) is 0 Å². The van der Waals surface area contributed by atoms with Crippen LogP contribution in [0.4, 0.5) is 0 Å². The van der Waals surface area contributed by atoms with E-state index in [1.165, 1.54) is 6.33 Å². The molecule has 3 heterocycles. The fourth-order valence-electron chi connectivity index (χ4n) is 6.77. The number of aromatic nitrogens is 2. The van der Waals surface area contributed by atoms with Crippen LogP contribution in [0.25, 0.3) is 0 Å². The minimum atomic E-state index is -4.20. The number of nitrogens with one attached hydrogen (secondary N) is 4. The Morgan fingerprint density at radius 3 is 2.34 bits per heavy atom. The molecule has 0 saturated carbocycles. The van der Waals surface area contributed by atoms with Gasteiger partial charge in [-0.3, -0.25) is 28.6 Å². The first-order valence-corrected chi connectivity index (χ1v) is 18.7. The SMILES string of the molecule is CN(C)[C@@H](Cc1ccc(CP(=O)(O)O)cc1)C(=O)N[C@H]1CCCC2CC[C@@H](C(=O)N[C@@H](Cc3cnc[nH]3)C(=O)NCc3ccccc3)N2C1=O. The zero-order valence-corrected chi connectivity index (χ0v) is 29.2. The van der Waals surface area contributed by atoms with Gasteiger partial charge in [-0.1, -0.05) is 54.6 Å². The van der Waals surface area contributed by atoms with E-state index in [0.717, 1.165) is 11.1 Å². The highest BCUT2D eigenvalue weighted by atomic mass is 31.2. The predicted molar refractivity (Wildman–Crippen MR) is 185 cm³/mol. The lowest BCUT2D eigenvalue weighted by atomic mass is 10.0. The normalized spacial score (nSPS) is 20.5. The first-order valence-electron chi connectivity index (χ1n) is 16.9. The molecule has 4 amide bonds. The van der Waals surface area contributed by atoms with Crippen molar-refractivity contribution in [1.82, 2.24) is 35.7 Å². The Balaban J connectivity index is 1.25. The van der Waals surface area contributed by atoms with E-state index in [-0.39, 0.29) is 36.3 Å². The molecule has 0 bridgehead atoms. The lowest BCUT2D eigenvalue weighted by Crippen LogP contribution is -2.58. The summed E-state index contributed by atoms with van der Waals surface area (Å²) in [4.78, 5) is 83.9. The molecule has 3 aromatic rings. The van der Waals surface area contributed by atoms with Crippen molar-refractivity contribution in [2.45, 2.75) is 87.9 Å². The number of aromatic amines is 1. The van der Waals surface area contributed by atoms with Crippen molar-refractivity contribution >= 4 is 31.2 Å². The van der Waals surface area contributed by atoms with Gasteiger partial charge < -0.3 is 35.6 Å². The van der Waals surface area contributed by atoms with Crippen LogP contribution >= 0.6 is 7.60 Å². The first kappa shape index (κ1) is 36.9. The molecule has 2 aromatic carbocycles. The third kappa shape index (κ3) is 9.87. The predicted octanol–water partition coefficient (Wildman–Crippen LogP) is 1.63. The molecule has 268 valence electrons. The van der Waals surface area contributed by atoms with Crippen molar-refractivity contribution in [1.29, 1.82) is 0 Å². The summed E-state index contributed by atoms with van der Waals surface area (Å²) in [7, 11) is -0.659. The summed E-state index contributed by atoms with van der Waals surface area (Å²) in [5, 5.41) is 8.78. The molecule has 6 N–H and O–H groups in total. The van der Waals surface area contributed by atoms with Crippen LogP contribution in [-0.2, 0) is 49.3 Å². The van der Waals surface area contributed by atoms with Crippen LogP contribution in [0.3, 0.4) is 0 Å². The van der Waals surface area contributed by atoms with Gasteiger partial charge in [-0.25, -0.2) is 4.98 Å². The number of likely N-dealkylation sites (N-methyl/N-ethyl adjacent to an activating group) is 1. The Morgan fingerprint density at radius 1 is 0.960 bits per heavy atom. The van der Waals surface area contributed by atoms with Gasteiger partial charge in [0.05, 0.1) is 18.5 Å². The summed E-state index contributed by atoms with van der Waals surface area (Å²) in [6, 6.07) is 12.9. The fraction of sp³-hybridized carbons (Fsp3) is 0.457. The molecule has 0 aliphatic carbocycles. The van der Waals surface area contributed by atoms with Crippen LogP contribution in [-0.4, -0.2) is 97.5 Å². The van der Waals surface area contributed by atoms with Crippen LogP contribution < -0.4 is 16.0 Å². The summed E-state index contributed by atoms with van der Waals surface area (Å²) in [6.07, 6.45) is 6.19. The van der Waals surface area contributed by atoms with Crippen molar-refractivity contribution in [2.75, 3.05) is 14.1 Å². The molecule has 2 fully saturated rings. The number of hydrogen-bond acceptors (Lipinski definition) is 7. The Hall–Kier alpha value is -4.36. The molecule has 5 atom stereocenters. The zero-order valence-electron chi connectivity index (χ0n) is 28.3. The highest BCUT2D eigenvalue weighted by molar-refractivity contribution is 7.50. The highest BCUT2D eigenvalue weighted by Crippen LogP contribution is 2.39. The topological polar surface area (TPSA) is 197 Å². The van der Waals surface area contributed by atoms with Gasteiger partial charge in [0.1, 0.15) is 18.1 Å². The van der Waals surface area contributed by atoms with E-state index in [1.54, 1.807) is 54.4 Å². The average Bonchev–Trinajstić information content (AvgIpc) is 3.72. The number of fused-ring (bicyclic) bond motifs is 1. The number of carbonyl (C=O) groups excluding carboxylic acids is 4. The molecule has 0 spiro atoms. The molecule has 14 nitrogen and oxygen atoms in total. The number of imidazole rings is 1. The second-order valence-electron chi connectivity index (χ2n) is 13.4. The monoisotopic (exact) mass is 707 g/mol. The Kier molecular flexibility index (Phi) is 12.2. The average molecular weight is 708 g/mol. The minimum Gasteiger partial charge on any atom is -0.350 e. The Morgan fingerprint density at radius 2 is 1.68 bits per heavy atom. The van der Waals surface area contributed by atoms with E-state index in [2.05, 4.69) is 25.9 Å². The number of amides is 4. The third-order valence-electron chi connectivity index (χ3n) is 9.39. The lowest BCUT2D eigenvalue weighted by Gasteiger charge is -2.32. The molecule has 2 aliphatic rings. The Labute approximate surface area is 291 Å². The molecule has 2 saturated heterocycles. The van der Waals surface area contributed by atoms with Crippen LogP contribution in [0, 0.1) is 0 Å². The molecular weight excluding hydrogens is 661 g/mol. The maximum absolute atomic E-state index is 14.1. The lowest BCUT2D eigenvalue weighted by molar-refractivity contribution is -0.143. The van der Waals surface area contributed by atoms with Crippen molar-refractivity contribution in [3.63, 3.8) is 0 Å². The maximum atomic E-state index is 14.1. The van der Waals surface area contributed by atoms with Gasteiger partial charge in [-0.15, -0.1) is 0 Å². The standard InChI is InChI=1S/C35H46N7O7P/c1-41(2)31(17-23-11-13-25(14-12-23)21-50(47,48)49)34(45)39-28-10-6-9-27-15-16-30(42(27)35(28)46)33(44)40-29(18-26-20-36-22-38-26)32(43)37-19-24-7-4-3-5-8-24/h3-5,7-8,11-14,20,22,27-31H,6,9-10,15-19,21H2,1-2H3,(H,36,38)(H,37,43)(H,39,45)(H,40,44)(H2,47,48,49)/t27?,28-,29-,30-,31-/m0/s1. The van der Waals surface area contributed by atoms with E-state index >= 15 is 0 Å². The number of benzene rings is 2. The summed E-state index contributed by atoms with van der Waals surface area (Å²) < 4.78 is 11.4. The molecule has 1 aromatic heterocycles. The van der Waals surface area contributed by atoms with Crippen LogP contribution in [0.2, 0.25) is 0 Å². The number of hydrogen-bond donors (Lipinski definition) is 6. The van der Waals surface area contributed by atoms with Crippen LogP contribution in [0.5, 0.6) is 0 Å². The number of H-pyrrole nitrogens is 1. The largest absolute Gasteiger partial charge is 0.350 e. The maximum Gasteiger partial charge on any atom is 0.329 e. The van der Waals surface area contributed by atoms with E-state index < -0.39 is 37.7 Å². The van der Waals surface area contributed by atoms with Crippen LogP contribution in [0.1, 0.15) is 54.5 Å². The van der Waals surface area contributed by atoms with Gasteiger partial charge in [0.2, 0.25) is 23.6 Å². The quantitative estimate of drug-likeness (QED) is 0.135. The van der Waals surface area contributed by atoms with Gasteiger partial charge in [0.15, 0.2) is 0 Å².